The molecule has 4 heteroatoms. The van der Waals surface area contributed by atoms with Crippen LogP contribution in [0.25, 0.3) is 10.9 Å². The molecule has 0 saturated carbocycles. The van der Waals surface area contributed by atoms with Crippen LogP contribution < -0.4 is 0 Å². The molecule has 0 N–H and O–H groups in total. The maximum absolute atomic E-state index is 4.42. The van der Waals surface area contributed by atoms with Gasteiger partial charge in [0, 0.05) is 49.2 Å². The zero-order chi connectivity index (χ0) is 15.4. The Kier molecular flexibility index (Phi) is 4.39. The molecule has 0 aliphatic heterocycles. The molecule has 2 heterocycles. The van der Waals surface area contributed by atoms with E-state index in [0.717, 1.165) is 24.2 Å². The second-order valence-electron chi connectivity index (χ2n) is 5.65. The molecular formula is C18H20N4. The number of fused-ring (bicyclic) bond motifs is 1. The molecule has 22 heavy (non-hydrogen) atoms. The topological polar surface area (TPSA) is 41.9 Å². The zero-order valence-electron chi connectivity index (χ0n) is 13.0. The molecule has 1 atom stereocenters. The van der Waals surface area contributed by atoms with Crippen molar-refractivity contribution in [1.82, 2.24) is 19.9 Å². The third-order valence-electron chi connectivity index (χ3n) is 4.03. The summed E-state index contributed by atoms with van der Waals surface area (Å²) < 4.78 is 0. The lowest BCUT2D eigenvalue weighted by Gasteiger charge is -2.25. The molecule has 0 bridgehead atoms. The molecule has 2 aromatic heterocycles. The van der Waals surface area contributed by atoms with Gasteiger partial charge in [0.05, 0.1) is 11.2 Å². The van der Waals surface area contributed by atoms with Crippen molar-refractivity contribution in [3.05, 3.63) is 66.4 Å². The summed E-state index contributed by atoms with van der Waals surface area (Å²) in [4.78, 5) is 15.3. The molecule has 0 amide bonds. The highest BCUT2D eigenvalue weighted by atomic mass is 15.1. The van der Waals surface area contributed by atoms with Gasteiger partial charge in [-0.15, -0.1) is 0 Å². The summed E-state index contributed by atoms with van der Waals surface area (Å²) in [7, 11) is 2.15. The highest BCUT2D eigenvalue weighted by molar-refractivity contribution is 5.81. The van der Waals surface area contributed by atoms with E-state index in [1.165, 1.54) is 10.9 Å². The van der Waals surface area contributed by atoms with Gasteiger partial charge in [0.15, 0.2) is 0 Å². The molecule has 4 nitrogen and oxygen atoms in total. The fourth-order valence-electron chi connectivity index (χ4n) is 2.61. The maximum atomic E-state index is 4.42. The Morgan fingerprint density at radius 3 is 2.73 bits per heavy atom. The van der Waals surface area contributed by atoms with Crippen molar-refractivity contribution in [3.8, 4) is 0 Å². The Labute approximate surface area is 130 Å². The third kappa shape index (κ3) is 3.28. The number of likely N-dealkylation sites (N-methyl/N-ethyl adjacent to an activating group) is 1. The number of para-hydroxylation sites is 1. The van der Waals surface area contributed by atoms with Crippen molar-refractivity contribution in [2.24, 2.45) is 0 Å². The fraction of sp³-hybridized carbons (Fsp3) is 0.278. The van der Waals surface area contributed by atoms with Gasteiger partial charge in [-0.25, -0.2) is 0 Å². The van der Waals surface area contributed by atoms with Gasteiger partial charge in [-0.05, 0) is 31.7 Å². The first-order chi connectivity index (χ1) is 10.7. The monoisotopic (exact) mass is 292 g/mol. The average Bonchev–Trinajstić information content (AvgIpc) is 2.56. The van der Waals surface area contributed by atoms with Crippen LogP contribution in [0.15, 0.2) is 55.1 Å². The lowest BCUT2D eigenvalue weighted by atomic mass is 10.1. The van der Waals surface area contributed by atoms with Crippen molar-refractivity contribution < 1.29 is 0 Å². The van der Waals surface area contributed by atoms with Gasteiger partial charge in [0.25, 0.3) is 0 Å². The van der Waals surface area contributed by atoms with Gasteiger partial charge in [0.2, 0.25) is 0 Å². The number of pyridine rings is 1. The summed E-state index contributed by atoms with van der Waals surface area (Å²) in [5.41, 5.74) is 3.38. The van der Waals surface area contributed by atoms with Crippen LogP contribution in [-0.2, 0) is 13.0 Å². The van der Waals surface area contributed by atoms with Crippen molar-refractivity contribution >= 4 is 10.9 Å². The maximum Gasteiger partial charge on any atom is 0.0705 e. The number of nitrogens with zero attached hydrogens (tertiary/aromatic N) is 4. The second kappa shape index (κ2) is 6.62. The summed E-state index contributed by atoms with van der Waals surface area (Å²) in [6, 6.07) is 10.8. The normalized spacial score (nSPS) is 12.7. The average molecular weight is 292 g/mol. The van der Waals surface area contributed by atoms with Crippen LogP contribution in [0.2, 0.25) is 0 Å². The fourth-order valence-corrected chi connectivity index (χ4v) is 2.61. The van der Waals surface area contributed by atoms with E-state index < -0.39 is 0 Å². The largest absolute Gasteiger partial charge is 0.299 e. The lowest BCUT2D eigenvalue weighted by molar-refractivity contribution is 0.247. The van der Waals surface area contributed by atoms with E-state index in [4.69, 9.17) is 0 Å². The van der Waals surface area contributed by atoms with E-state index in [-0.39, 0.29) is 0 Å². The molecule has 0 aliphatic carbocycles. The number of hydrogen-bond donors (Lipinski definition) is 0. The van der Waals surface area contributed by atoms with E-state index in [1.54, 1.807) is 12.4 Å². The second-order valence-corrected chi connectivity index (χ2v) is 5.65. The first-order valence-electron chi connectivity index (χ1n) is 7.52. The predicted octanol–water partition coefficient (Wildman–Crippen LogP) is 3.09. The standard InChI is InChI=1S/C18H20N4/c1-14(11-16-12-19-9-10-20-16)22(2)13-15-7-8-21-18-6-4-3-5-17(15)18/h3-10,12,14H,11,13H2,1-2H3. The summed E-state index contributed by atoms with van der Waals surface area (Å²) in [6.07, 6.45) is 8.08. The van der Waals surface area contributed by atoms with Crippen LogP contribution >= 0.6 is 0 Å². The molecule has 3 aromatic rings. The number of aromatic nitrogens is 3. The zero-order valence-corrected chi connectivity index (χ0v) is 13.0. The molecule has 0 radical (unpaired) electrons. The summed E-state index contributed by atoms with van der Waals surface area (Å²) in [5, 5.41) is 1.23. The highest BCUT2D eigenvalue weighted by Gasteiger charge is 2.12. The first-order valence-corrected chi connectivity index (χ1v) is 7.52. The smallest absolute Gasteiger partial charge is 0.0705 e. The van der Waals surface area contributed by atoms with E-state index in [9.17, 15) is 0 Å². The van der Waals surface area contributed by atoms with Crippen molar-refractivity contribution in [1.29, 1.82) is 0 Å². The Morgan fingerprint density at radius 1 is 1.05 bits per heavy atom. The minimum atomic E-state index is 0.392. The molecular weight excluding hydrogens is 272 g/mol. The third-order valence-corrected chi connectivity index (χ3v) is 4.03. The van der Waals surface area contributed by atoms with Crippen LogP contribution in [0.4, 0.5) is 0 Å². The summed E-state index contributed by atoms with van der Waals surface area (Å²) in [5.74, 6) is 0. The van der Waals surface area contributed by atoms with Gasteiger partial charge in [-0.3, -0.25) is 19.9 Å². The van der Waals surface area contributed by atoms with Crippen molar-refractivity contribution in [3.63, 3.8) is 0 Å². The SMILES string of the molecule is CC(Cc1cnccn1)N(C)Cc1ccnc2ccccc12. The summed E-state index contributed by atoms with van der Waals surface area (Å²) in [6.45, 7) is 3.11. The van der Waals surface area contributed by atoms with Crippen molar-refractivity contribution in [2.75, 3.05) is 7.05 Å². The van der Waals surface area contributed by atoms with Crippen LogP contribution in [0.1, 0.15) is 18.2 Å². The Morgan fingerprint density at radius 2 is 1.91 bits per heavy atom. The number of rotatable bonds is 5. The van der Waals surface area contributed by atoms with Gasteiger partial charge >= 0.3 is 0 Å². The Balaban J connectivity index is 1.74. The minimum Gasteiger partial charge on any atom is -0.299 e. The van der Waals surface area contributed by atoms with E-state index in [0.29, 0.717) is 6.04 Å². The van der Waals surface area contributed by atoms with Gasteiger partial charge < -0.3 is 0 Å². The lowest BCUT2D eigenvalue weighted by Crippen LogP contribution is -2.30. The first kappa shape index (κ1) is 14.6. The van der Waals surface area contributed by atoms with Gasteiger partial charge in [0.1, 0.15) is 0 Å². The molecule has 1 aromatic carbocycles. The van der Waals surface area contributed by atoms with Crippen LogP contribution in [0.3, 0.4) is 0 Å². The predicted molar refractivity (Wildman–Crippen MR) is 88.4 cm³/mol. The Hall–Kier alpha value is -2.33. The van der Waals surface area contributed by atoms with Gasteiger partial charge in [-0.2, -0.15) is 0 Å². The van der Waals surface area contributed by atoms with E-state index in [2.05, 4.69) is 58.1 Å². The molecule has 0 spiro atoms. The highest BCUT2D eigenvalue weighted by Crippen LogP contribution is 2.18. The molecule has 0 aliphatic rings. The van der Waals surface area contributed by atoms with Crippen molar-refractivity contribution in [2.45, 2.75) is 25.9 Å². The van der Waals surface area contributed by atoms with Crippen LogP contribution in [-0.4, -0.2) is 32.9 Å². The molecule has 0 saturated heterocycles. The van der Waals surface area contributed by atoms with Crippen LogP contribution in [0, 0.1) is 0 Å². The van der Waals surface area contributed by atoms with Crippen LogP contribution in [0.5, 0.6) is 0 Å². The molecule has 112 valence electrons. The number of benzene rings is 1. The molecule has 3 rings (SSSR count). The van der Waals surface area contributed by atoms with E-state index >= 15 is 0 Å². The molecule has 0 fully saturated rings. The minimum absolute atomic E-state index is 0.392. The molecule has 1 unspecified atom stereocenters. The number of hydrogen-bond acceptors (Lipinski definition) is 4. The Bertz CT molecular complexity index is 737. The van der Waals surface area contributed by atoms with E-state index in [1.807, 2.05) is 18.5 Å². The van der Waals surface area contributed by atoms with Gasteiger partial charge in [-0.1, -0.05) is 18.2 Å². The summed E-state index contributed by atoms with van der Waals surface area (Å²) >= 11 is 0. The quantitative estimate of drug-likeness (QED) is 0.724.